The van der Waals surface area contributed by atoms with Crippen molar-refractivity contribution >= 4 is 5.97 Å². The van der Waals surface area contributed by atoms with E-state index in [-0.39, 0.29) is 5.97 Å². The molecule has 0 aromatic heterocycles. The highest BCUT2D eigenvalue weighted by Crippen LogP contribution is 2.22. The lowest BCUT2D eigenvalue weighted by atomic mass is 9.95. The van der Waals surface area contributed by atoms with Gasteiger partial charge in [-0.2, -0.15) is 0 Å². The lowest BCUT2D eigenvalue weighted by Crippen LogP contribution is -2.58. The highest BCUT2D eigenvalue weighted by atomic mass is 16.5. The predicted molar refractivity (Wildman–Crippen MR) is 69.0 cm³/mol. The first-order valence-electron chi connectivity index (χ1n) is 6.58. The Bertz CT molecular complexity index is 258. The molecular weight excluding hydrogens is 216 g/mol. The minimum absolute atomic E-state index is 0.180. The van der Waals surface area contributed by atoms with Crippen LogP contribution in [-0.4, -0.2) is 49.7 Å². The number of hydrogen-bond donors (Lipinski definition) is 1. The standard InChI is InChI=1S/C13H26N2O2/c1-5-11-8-6-7-9-15(11)10-13(2,14-3)12(16)17-4/h11,14H,5-10H2,1-4H3. The molecule has 0 saturated carbocycles. The first kappa shape index (κ1) is 14.5. The third-order valence-corrected chi connectivity index (χ3v) is 3.93. The molecule has 0 aliphatic carbocycles. The fraction of sp³-hybridized carbons (Fsp3) is 0.923. The van der Waals surface area contributed by atoms with E-state index in [0.29, 0.717) is 6.04 Å². The van der Waals surface area contributed by atoms with Crippen molar-refractivity contribution in [1.29, 1.82) is 0 Å². The van der Waals surface area contributed by atoms with Crippen molar-refractivity contribution in [1.82, 2.24) is 10.2 Å². The summed E-state index contributed by atoms with van der Waals surface area (Å²) in [5, 5.41) is 3.10. The number of hydrogen-bond acceptors (Lipinski definition) is 4. The maximum Gasteiger partial charge on any atom is 0.327 e. The van der Waals surface area contributed by atoms with Crippen LogP contribution in [-0.2, 0) is 9.53 Å². The molecule has 0 bridgehead atoms. The molecule has 0 radical (unpaired) electrons. The summed E-state index contributed by atoms with van der Waals surface area (Å²) < 4.78 is 4.89. The van der Waals surface area contributed by atoms with E-state index in [1.165, 1.54) is 26.4 Å². The normalized spacial score (nSPS) is 25.3. The van der Waals surface area contributed by atoms with Crippen molar-refractivity contribution in [2.75, 3.05) is 27.2 Å². The molecule has 17 heavy (non-hydrogen) atoms. The second-order valence-corrected chi connectivity index (χ2v) is 5.10. The summed E-state index contributed by atoms with van der Waals surface area (Å²) >= 11 is 0. The highest BCUT2D eigenvalue weighted by molar-refractivity contribution is 5.80. The van der Waals surface area contributed by atoms with Gasteiger partial charge in [-0.15, -0.1) is 0 Å². The molecule has 0 spiro atoms. The number of methoxy groups -OCH3 is 1. The van der Waals surface area contributed by atoms with Crippen LogP contribution >= 0.6 is 0 Å². The average Bonchev–Trinajstić information content (AvgIpc) is 2.38. The zero-order valence-electron chi connectivity index (χ0n) is 11.6. The topological polar surface area (TPSA) is 41.6 Å². The van der Waals surface area contributed by atoms with Crippen molar-refractivity contribution in [3.05, 3.63) is 0 Å². The number of carbonyl (C=O) groups is 1. The lowest BCUT2D eigenvalue weighted by molar-refractivity contribution is -0.149. The summed E-state index contributed by atoms with van der Waals surface area (Å²) in [6, 6.07) is 0.612. The molecule has 0 aromatic carbocycles. The molecule has 2 atom stereocenters. The van der Waals surface area contributed by atoms with Crippen LogP contribution in [0, 0.1) is 0 Å². The van der Waals surface area contributed by atoms with E-state index in [9.17, 15) is 4.79 Å². The van der Waals surface area contributed by atoms with Crippen LogP contribution in [0.15, 0.2) is 0 Å². The van der Waals surface area contributed by atoms with Gasteiger partial charge in [-0.25, -0.2) is 0 Å². The molecular formula is C13H26N2O2. The van der Waals surface area contributed by atoms with Crippen molar-refractivity contribution in [2.45, 2.75) is 51.1 Å². The Morgan fingerprint density at radius 3 is 2.76 bits per heavy atom. The van der Waals surface area contributed by atoms with Gasteiger partial charge in [0.2, 0.25) is 0 Å². The van der Waals surface area contributed by atoms with E-state index >= 15 is 0 Å². The van der Waals surface area contributed by atoms with E-state index in [1.807, 2.05) is 14.0 Å². The van der Waals surface area contributed by atoms with Gasteiger partial charge in [0.15, 0.2) is 0 Å². The van der Waals surface area contributed by atoms with E-state index in [0.717, 1.165) is 19.5 Å². The number of likely N-dealkylation sites (tertiary alicyclic amines) is 1. The number of carbonyl (C=O) groups excluding carboxylic acids is 1. The molecule has 0 amide bonds. The lowest BCUT2D eigenvalue weighted by Gasteiger charge is -2.40. The molecule has 1 saturated heterocycles. The molecule has 1 aliphatic rings. The molecule has 1 N–H and O–H groups in total. The first-order valence-corrected chi connectivity index (χ1v) is 6.58. The predicted octanol–water partition coefficient (Wildman–Crippen LogP) is 1.40. The van der Waals surface area contributed by atoms with Crippen LogP contribution in [0.4, 0.5) is 0 Å². The summed E-state index contributed by atoms with van der Waals surface area (Å²) in [6.07, 6.45) is 4.94. The summed E-state index contributed by atoms with van der Waals surface area (Å²) in [5.41, 5.74) is -0.598. The van der Waals surface area contributed by atoms with Crippen LogP contribution in [0.5, 0.6) is 0 Å². The monoisotopic (exact) mass is 242 g/mol. The maximum absolute atomic E-state index is 11.8. The largest absolute Gasteiger partial charge is 0.468 e. The maximum atomic E-state index is 11.8. The minimum Gasteiger partial charge on any atom is -0.468 e. The van der Waals surface area contributed by atoms with Crippen LogP contribution in [0.25, 0.3) is 0 Å². The van der Waals surface area contributed by atoms with Gasteiger partial charge >= 0.3 is 5.97 Å². The summed E-state index contributed by atoms with van der Waals surface area (Å²) in [7, 11) is 3.27. The van der Waals surface area contributed by atoms with Crippen molar-refractivity contribution in [3.8, 4) is 0 Å². The van der Waals surface area contributed by atoms with Crippen molar-refractivity contribution in [3.63, 3.8) is 0 Å². The van der Waals surface area contributed by atoms with Gasteiger partial charge in [0.1, 0.15) is 5.54 Å². The number of nitrogens with zero attached hydrogens (tertiary/aromatic N) is 1. The Morgan fingerprint density at radius 1 is 1.53 bits per heavy atom. The number of piperidine rings is 1. The molecule has 4 heteroatoms. The molecule has 1 heterocycles. The molecule has 1 fully saturated rings. The Morgan fingerprint density at radius 2 is 2.24 bits per heavy atom. The summed E-state index contributed by atoms with van der Waals surface area (Å²) in [4.78, 5) is 14.2. The number of nitrogens with one attached hydrogen (secondary N) is 1. The first-order chi connectivity index (χ1) is 8.07. The van der Waals surface area contributed by atoms with Gasteiger partial charge in [-0.3, -0.25) is 9.69 Å². The van der Waals surface area contributed by atoms with Crippen molar-refractivity contribution < 1.29 is 9.53 Å². The van der Waals surface area contributed by atoms with E-state index < -0.39 is 5.54 Å². The fourth-order valence-electron chi connectivity index (χ4n) is 2.61. The minimum atomic E-state index is -0.598. The van der Waals surface area contributed by atoms with Gasteiger partial charge in [0.05, 0.1) is 7.11 Å². The number of ether oxygens (including phenoxy) is 1. The number of esters is 1. The van der Waals surface area contributed by atoms with E-state index in [4.69, 9.17) is 4.74 Å². The second kappa shape index (κ2) is 6.36. The second-order valence-electron chi connectivity index (χ2n) is 5.10. The molecule has 4 nitrogen and oxygen atoms in total. The third-order valence-electron chi connectivity index (χ3n) is 3.93. The van der Waals surface area contributed by atoms with Gasteiger partial charge in [0, 0.05) is 12.6 Å². The Labute approximate surface area is 105 Å². The van der Waals surface area contributed by atoms with Crippen LogP contribution < -0.4 is 5.32 Å². The van der Waals surface area contributed by atoms with E-state index in [2.05, 4.69) is 17.1 Å². The van der Waals surface area contributed by atoms with Gasteiger partial charge in [0.25, 0.3) is 0 Å². The average molecular weight is 242 g/mol. The quantitative estimate of drug-likeness (QED) is 0.740. The molecule has 0 aromatic rings. The zero-order chi connectivity index (χ0) is 12.9. The third kappa shape index (κ3) is 3.42. The van der Waals surface area contributed by atoms with E-state index in [1.54, 1.807) is 0 Å². The molecule has 100 valence electrons. The molecule has 1 rings (SSSR count). The van der Waals surface area contributed by atoms with Gasteiger partial charge in [-0.05, 0) is 39.8 Å². The number of rotatable bonds is 5. The van der Waals surface area contributed by atoms with Crippen LogP contribution in [0.1, 0.15) is 39.5 Å². The summed E-state index contributed by atoms with van der Waals surface area (Å²) in [6.45, 7) is 5.96. The SMILES string of the molecule is CCC1CCCCN1CC(C)(NC)C(=O)OC. The van der Waals surface area contributed by atoms with Crippen LogP contribution in [0.2, 0.25) is 0 Å². The summed E-state index contributed by atoms with van der Waals surface area (Å²) in [5.74, 6) is -0.180. The zero-order valence-corrected chi connectivity index (χ0v) is 11.6. The smallest absolute Gasteiger partial charge is 0.327 e. The van der Waals surface area contributed by atoms with Crippen LogP contribution in [0.3, 0.4) is 0 Å². The van der Waals surface area contributed by atoms with Gasteiger partial charge in [-0.1, -0.05) is 13.3 Å². The molecule has 2 unspecified atom stereocenters. The highest BCUT2D eigenvalue weighted by Gasteiger charge is 2.36. The number of likely N-dealkylation sites (N-methyl/N-ethyl adjacent to an activating group) is 1. The Hall–Kier alpha value is -0.610. The Balaban J connectivity index is 2.68. The molecule has 1 aliphatic heterocycles. The van der Waals surface area contributed by atoms with Gasteiger partial charge < -0.3 is 10.1 Å². The van der Waals surface area contributed by atoms with Crippen molar-refractivity contribution in [2.24, 2.45) is 0 Å². The Kier molecular flexibility index (Phi) is 5.40. The fourth-order valence-corrected chi connectivity index (χ4v) is 2.61.